The average molecular weight is 226 g/mol. The number of hydrogen-bond donors (Lipinski definition) is 0. The summed E-state index contributed by atoms with van der Waals surface area (Å²) in [7, 11) is -2.33. The maximum atomic E-state index is 13.1. The lowest BCUT2D eigenvalue weighted by molar-refractivity contribution is 0.517. The van der Waals surface area contributed by atoms with Crippen molar-refractivity contribution in [1.82, 2.24) is 0 Å². The molecule has 2 aliphatic rings. The van der Waals surface area contributed by atoms with Crippen molar-refractivity contribution in [3.05, 3.63) is 11.4 Å². The van der Waals surface area contributed by atoms with Crippen LogP contribution in [0.2, 0.25) is 0 Å². The minimum atomic E-state index is -2.33. The zero-order chi connectivity index (χ0) is 11.5. The first kappa shape index (κ1) is 11.1. The summed E-state index contributed by atoms with van der Waals surface area (Å²) in [6.45, 7) is 10.9. The third-order valence-electron chi connectivity index (χ3n) is 3.88. The Morgan fingerprint density at radius 3 is 2.67 bits per heavy atom. The molecule has 0 saturated heterocycles. The molecule has 2 rings (SSSR count). The molecule has 4 heteroatoms. The Kier molecular flexibility index (Phi) is 2.08. The zero-order valence-electron chi connectivity index (χ0n) is 10.1. The normalized spacial score (nSPS) is 44.3. The van der Waals surface area contributed by atoms with E-state index in [4.69, 9.17) is 0 Å². The summed E-state index contributed by atoms with van der Waals surface area (Å²) in [5, 5.41) is 8.24. The summed E-state index contributed by atoms with van der Waals surface area (Å²) in [5.74, 6) is 2.00. The monoisotopic (exact) mass is 226 g/mol. The van der Waals surface area contributed by atoms with Crippen LogP contribution in [-0.4, -0.2) is 22.9 Å². The third kappa shape index (κ3) is 1.22. The molecule has 0 saturated carbocycles. The van der Waals surface area contributed by atoms with Gasteiger partial charge in [0.25, 0.3) is 0 Å². The maximum Gasteiger partial charge on any atom is 0.121 e. The molecule has 0 fully saturated rings. The molecule has 0 radical (unpaired) electrons. The van der Waals surface area contributed by atoms with E-state index in [0.29, 0.717) is 6.54 Å². The van der Waals surface area contributed by atoms with Crippen LogP contribution in [0.5, 0.6) is 0 Å². The first-order valence-electron chi connectivity index (χ1n) is 5.40. The summed E-state index contributed by atoms with van der Waals surface area (Å²) >= 11 is 0. The van der Waals surface area contributed by atoms with Crippen molar-refractivity contribution in [2.45, 2.75) is 51.0 Å². The van der Waals surface area contributed by atoms with Crippen LogP contribution in [0.15, 0.2) is 21.6 Å². The Hall–Kier alpha value is -0.430. The predicted molar refractivity (Wildman–Crippen MR) is 63.0 cm³/mol. The molecule has 3 atom stereocenters. The Balaban J connectivity index is 2.55. The second-order valence-corrected chi connectivity index (χ2v) is 9.42. The molecule has 3 nitrogen and oxygen atoms in total. The first-order chi connectivity index (χ1) is 6.72. The number of hydrogen-bond acceptors (Lipinski definition) is 3. The van der Waals surface area contributed by atoms with E-state index in [9.17, 15) is 4.57 Å². The minimum Gasteiger partial charge on any atom is -0.318 e. The highest BCUT2D eigenvalue weighted by atomic mass is 31.2. The number of azo groups is 1. The van der Waals surface area contributed by atoms with Crippen molar-refractivity contribution in [3.63, 3.8) is 0 Å². The summed E-state index contributed by atoms with van der Waals surface area (Å²) in [6, 6.07) is 0. The van der Waals surface area contributed by atoms with Crippen LogP contribution < -0.4 is 0 Å². The van der Waals surface area contributed by atoms with Crippen LogP contribution in [-0.2, 0) is 4.57 Å². The fraction of sp³-hybridized carbons (Fsp3) is 0.818. The van der Waals surface area contributed by atoms with Gasteiger partial charge in [-0.3, -0.25) is 0 Å². The van der Waals surface area contributed by atoms with Gasteiger partial charge in [0.05, 0.1) is 12.2 Å². The molecule has 0 aromatic heterocycles. The third-order valence-corrected chi connectivity index (χ3v) is 8.34. The predicted octanol–water partition coefficient (Wildman–Crippen LogP) is 3.66. The smallest absolute Gasteiger partial charge is 0.121 e. The van der Waals surface area contributed by atoms with Crippen molar-refractivity contribution < 1.29 is 4.57 Å². The molecule has 84 valence electrons. The van der Waals surface area contributed by atoms with Gasteiger partial charge in [-0.1, -0.05) is 20.8 Å². The van der Waals surface area contributed by atoms with E-state index < -0.39 is 7.14 Å². The van der Waals surface area contributed by atoms with Gasteiger partial charge in [0.15, 0.2) is 0 Å². The molecule has 0 amide bonds. The molecule has 2 aliphatic heterocycles. The molecule has 0 aromatic rings. The maximum absolute atomic E-state index is 13.1. The minimum absolute atomic E-state index is 0.102. The van der Waals surface area contributed by atoms with Crippen molar-refractivity contribution in [2.75, 3.05) is 6.54 Å². The lowest BCUT2D eigenvalue weighted by atomic mass is 9.92. The lowest BCUT2D eigenvalue weighted by Crippen LogP contribution is -2.35. The van der Waals surface area contributed by atoms with Crippen molar-refractivity contribution in [3.8, 4) is 0 Å². The molecular formula is C11H19N2OP. The Morgan fingerprint density at radius 1 is 1.53 bits per heavy atom. The van der Waals surface area contributed by atoms with E-state index in [0.717, 1.165) is 5.57 Å². The zero-order valence-corrected chi connectivity index (χ0v) is 11.0. The van der Waals surface area contributed by atoms with E-state index in [1.165, 1.54) is 0 Å². The lowest BCUT2D eigenvalue weighted by Gasteiger charge is -2.33. The van der Waals surface area contributed by atoms with Crippen LogP contribution in [0.25, 0.3) is 0 Å². The molecule has 0 aromatic carbocycles. The van der Waals surface area contributed by atoms with E-state index >= 15 is 0 Å². The first-order valence-corrected chi connectivity index (χ1v) is 7.24. The summed E-state index contributed by atoms with van der Waals surface area (Å²) in [5.41, 5.74) is 0.944. The van der Waals surface area contributed by atoms with Gasteiger partial charge in [0, 0.05) is 5.16 Å². The van der Waals surface area contributed by atoms with Gasteiger partial charge in [-0.2, -0.15) is 10.2 Å². The highest BCUT2D eigenvalue weighted by Gasteiger charge is 2.58. The van der Waals surface area contributed by atoms with Crippen LogP contribution >= 0.6 is 7.14 Å². The van der Waals surface area contributed by atoms with Crippen molar-refractivity contribution in [1.29, 1.82) is 0 Å². The fourth-order valence-corrected chi connectivity index (χ4v) is 6.17. The molecule has 0 N–H and O–H groups in total. The molecule has 0 unspecified atom stereocenters. The molecule has 15 heavy (non-hydrogen) atoms. The van der Waals surface area contributed by atoms with Gasteiger partial charge in [-0.15, -0.1) is 0 Å². The number of fused-ring (bicyclic) bond motifs is 1. The largest absolute Gasteiger partial charge is 0.318 e. The Morgan fingerprint density at radius 2 is 2.13 bits per heavy atom. The Labute approximate surface area is 91.4 Å². The van der Waals surface area contributed by atoms with E-state index in [-0.39, 0.29) is 16.4 Å². The number of nitrogens with zero attached hydrogens (tertiary/aromatic N) is 2. The standard InChI is InChI=1S/C11H19N2OP/c1-8-7-15(14,10(2,3)4)9-6-12-13-11(8,9)5/h7,9H,6H2,1-5H3/t9-,11-,15+/m1/s1. The summed E-state index contributed by atoms with van der Waals surface area (Å²) < 4.78 is 13.1. The molecule has 0 aliphatic carbocycles. The quantitative estimate of drug-likeness (QED) is 0.581. The van der Waals surface area contributed by atoms with Crippen LogP contribution in [0.4, 0.5) is 0 Å². The average Bonchev–Trinajstić information content (AvgIpc) is 2.53. The van der Waals surface area contributed by atoms with E-state index in [2.05, 4.69) is 37.9 Å². The fourth-order valence-electron chi connectivity index (χ4n) is 2.52. The molecule has 2 heterocycles. The van der Waals surface area contributed by atoms with Gasteiger partial charge in [-0.25, -0.2) is 0 Å². The summed E-state index contributed by atoms with van der Waals surface area (Å²) in [6.07, 6.45) is 0. The topological polar surface area (TPSA) is 41.8 Å². The van der Waals surface area contributed by atoms with E-state index in [1.807, 2.05) is 12.7 Å². The molecular weight excluding hydrogens is 207 g/mol. The second kappa shape index (κ2) is 2.82. The van der Waals surface area contributed by atoms with Crippen molar-refractivity contribution >= 4 is 7.14 Å². The highest BCUT2D eigenvalue weighted by Crippen LogP contribution is 2.72. The van der Waals surface area contributed by atoms with Crippen LogP contribution in [0.3, 0.4) is 0 Å². The number of rotatable bonds is 0. The Bertz CT molecular complexity index is 405. The summed E-state index contributed by atoms with van der Waals surface area (Å²) in [4.78, 5) is 0. The van der Waals surface area contributed by atoms with Crippen LogP contribution in [0.1, 0.15) is 34.6 Å². The second-order valence-electron chi connectivity index (χ2n) is 5.78. The molecule has 0 spiro atoms. The van der Waals surface area contributed by atoms with Gasteiger partial charge < -0.3 is 4.57 Å². The van der Waals surface area contributed by atoms with Gasteiger partial charge in [0.2, 0.25) is 0 Å². The van der Waals surface area contributed by atoms with Crippen LogP contribution in [0, 0.1) is 0 Å². The van der Waals surface area contributed by atoms with E-state index in [1.54, 1.807) is 0 Å². The molecule has 0 bridgehead atoms. The SMILES string of the molecule is CC1=C[P@@](=O)(C(C)(C)C)[C@@H]2CN=N[C@]12C. The van der Waals surface area contributed by atoms with Gasteiger partial charge in [0.1, 0.15) is 12.7 Å². The van der Waals surface area contributed by atoms with Crippen molar-refractivity contribution in [2.24, 2.45) is 10.2 Å². The van der Waals surface area contributed by atoms with Gasteiger partial charge >= 0.3 is 0 Å². The van der Waals surface area contributed by atoms with Gasteiger partial charge in [-0.05, 0) is 25.2 Å². The highest BCUT2D eigenvalue weighted by molar-refractivity contribution is 7.69.